The van der Waals surface area contributed by atoms with Gasteiger partial charge in [0.05, 0.1) is 21.1 Å². The second-order valence-electron chi connectivity index (χ2n) is 6.79. The zero-order valence-corrected chi connectivity index (χ0v) is 15.9. The largest absolute Gasteiger partial charge is 0.318 e. The molecule has 5 rings (SSSR count). The summed E-state index contributed by atoms with van der Waals surface area (Å²) in [4.78, 5) is 34.6. The fourth-order valence-electron chi connectivity index (χ4n) is 3.70. The first-order valence-electron chi connectivity index (χ1n) is 9.11. The van der Waals surface area contributed by atoms with E-state index in [9.17, 15) is 25.0 Å². The van der Waals surface area contributed by atoms with Crippen molar-refractivity contribution in [2.24, 2.45) is 0 Å². The number of hydrogen-bond acceptors (Lipinski definition) is 10. The normalized spacial score (nSPS) is 14.2. The lowest BCUT2D eigenvalue weighted by Gasteiger charge is -2.27. The Morgan fingerprint density at radius 3 is 2.62 bits per heavy atom. The zero-order chi connectivity index (χ0) is 22.4. The average Bonchev–Trinajstić information content (AvgIpc) is 3.26. The Morgan fingerprint density at radius 2 is 1.84 bits per heavy atom. The molecule has 0 radical (unpaired) electrons. The molecule has 0 unspecified atom stereocenters. The Hall–Kier alpha value is -5.01. The van der Waals surface area contributed by atoms with Crippen molar-refractivity contribution >= 4 is 23.0 Å². The van der Waals surface area contributed by atoms with E-state index in [2.05, 4.69) is 31.0 Å². The van der Waals surface area contributed by atoms with Crippen LogP contribution >= 0.6 is 0 Å². The molecule has 0 fully saturated rings. The van der Waals surface area contributed by atoms with E-state index in [4.69, 9.17) is 0 Å². The number of fused-ring (bicyclic) bond motifs is 2. The van der Waals surface area contributed by atoms with E-state index >= 15 is 0 Å². The molecule has 0 amide bonds. The highest BCUT2D eigenvalue weighted by atomic mass is 16.6. The highest BCUT2D eigenvalue weighted by molar-refractivity contribution is 5.77. The predicted molar refractivity (Wildman–Crippen MR) is 108 cm³/mol. The van der Waals surface area contributed by atoms with Crippen LogP contribution < -0.4 is 10.9 Å². The van der Waals surface area contributed by atoms with Gasteiger partial charge in [0.2, 0.25) is 5.95 Å². The van der Waals surface area contributed by atoms with Gasteiger partial charge in [0, 0.05) is 29.3 Å². The Labute approximate surface area is 176 Å². The Morgan fingerprint density at radius 1 is 1.03 bits per heavy atom. The quantitative estimate of drug-likeness (QED) is 0.313. The number of nitro groups is 2. The zero-order valence-electron chi connectivity index (χ0n) is 15.9. The molecular weight excluding hydrogens is 422 g/mol. The number of benzene rings is 2. The van der Waals surface area contributed by atoms with Crippen LogP contribution in [0, 0.1) is 20.2 Å². The number of nitrogens with zero attached hydrogens (tertiary/aromatic N) is 7. The summed E-state index contributed by atoms with van der Waals surface area (Å²) in [5.41, 5.74) is -0.000596. The summed E-state index contributed by atoms with van der Waals surface area (Å²) >= 11 is 0. The third-order valence-corrected chi connectivity index (χ3v) is 5.03. The summed E-state index contributed by atoms with van der Waals surface area (Å²) in [6, 6.07) is 10.7. The second kappa shape index (κ2) is 7.05. The molecule has 2 aromatic heterocycles. The smallest absolute Gasteiger partial charge is 0.288 e. The molecule has 3 heterocycles. The molecule has 32 heavy (non-hydrogen) atoms. The molecule has 0 saturated carbocycles. The van der Waals surface area contributed by atoms with Crippen molar-refractivity contribution in [1.82, 2.24) is 30.4 Å². The maximum absolute atomic E-state index is 12.6. The van der Waals surface area contributed by atoms with Crippen LogP contribution in [-0.2, 0) is 0 Å². The minimum Gasteiger partial charge on any atom is -0.318 e. The van der Waals surface area contributed by atoms with Crippen LogP contribution in [0.15, 0.2) is 53.3 Å². The van der Waals surface area contributed by atoms with Gasteiger partial charge in [-0.25, -0.2) is 5.10 Å². The summed E-state index contributed by atoms with van der Waals surface area (Å²) in [7, 11) is 0. The molecule has 158 valence electrons. The van der Waals surface area contributed by atoms with Gasteiger partial charge in [-0.2, -0.15) is 9.78 Å². The Bertz CT molecular complexity index is 1460. The molecule has 0 spiro atoms. The first-order valence-corrected chi connectivity index (χ1v) is 9.11. The van der Waals surface area contributed by atoms with Crippen molar-refractivity contribution in [3.8, 4) is 11.3 Å². The number of aromatic amines is 1. The van der Waals surface area contributed by atoms with Crippen LogP contribution in [-0.4, -0.2) is 40.3 Å². The fourth-order valence-corrected chi connectivity index (χ4v) is 3.70. The second-order valence-corrected chi connectivity index (χ2v) is 6.79. The van der Waals surface area contributed by atoms with Crippen LogP contribution in [0.5, 0.6) is 0 Å². The molecule has 14 heteroatoms. The third kappa shape index (κ3) is 2.85. The average molecular weight is 433 g/mol. The van der Waals surface area contributed by atoms with Gasteiger partial charge in [-0.3, -0.25) is 25.0 Å². The van der Waals surface area contributed by atoms with E-state index in [0.717, 1.165) is 0 Å². The van der Waals surface area contributed by atoms with Gasteiger partial charge >= 0.3 is 0 Å². The molecule has 4 aromatic rings. The van der Waals surface area contributed by atoms with Crippen molar-refractivity contribution in [1.29, 1.82) is 0 Å². The van der Waals surface area contributed by atoms with Gasteiger partial charge in [-0.1, -0.05) is 29.4 Å². The minimum absolute atomic E-state index is 0.0342. The van der Waals surface area contributed by atoms with E-state index in [-0.39, 0.29) is 39.8 Å². The highest BCUT2D eigenvalue weighted by Crippen LogP contribution is 2.43. The van der Waals surface area contributed by atoms with Gasteiger partial charge < -0.3 is 5.32 Å². The molecule has 1 aliphatic rings. The first kappa shape index (κ1) is 19.0. The lowest BCUT2D eigenvalue weighted by molar-refractivity contribution is -0.385. The molecule has 2 aromatic carbocycles. The monoisotopic (exact) mass is 433 g/mol. The van der Waals surface area contributed by atoms with Crippen LogP contribution in [0.2, 0.25) is 0 Å². The summed E-state index contributed by atoms with van der Waals surface area (Å²) in [6.45, 7) is 0. The lowest BCUT2D eigenvalue weighted by atomic mass is 9.91. The molecule has 1 atom stereocenters. The molecule has 0 saturated heterocycles. The number of tetrazole rings is 1. The fraction of sp³-hybridized carbons (Fsp3) is 0.0556. The topological polar surface area (TPSA) is 188 Å². The lowest BCUT2D eigenvalue weighted by Crippen LogP contribution is -2.29. The summed E-state index contributed by atoms with van der Waals surface area (Å²) in [5, 5.41) is 43.7. The number of rotatable bonds is 4. The number of nitro benzene ring substituents is 2. The molecule has 14 nitrogen and oxygen atoms in total. The Balaban J connectivity index is 1.84. The summed E-state index contributed by atoms with van der Waals surface area (Å²) in [5.74, 6) is 0.0994. The SMILES string of the molecule is O=c1[nH]nc(-c2cccc([N+](=O)[O-])c2)c2c1Nc1nnnn1[C@H]2c1ccccc1[N+](=O)[O-]. The molecule has 0 bridgehead atoms. The molecule has 2 N–H and O–H groups in total. The van der Waals surface area contributed by atoms with Gasteiger partial charge in [0.25, 0.3) is 16.9 Å². The maximum atomic E-state index is 12.6. The van der Waals surface area contributed by atoms with E-state index < -0.39 is 21.4 Å². The van der Waals surface area contributed by atoms with E-state index in [0.29, 0.717) is 5.56 Å². The standard InChI is InChI=1S/C18H11N9O5/c28-17-15-13(14(20-21-17)9-4-3-5-10(8-9)26(29)30)16(25-18(19-15)22-23-24-25)11-6-1-2-7-12(11)27(31)32/h1-8,16H,(H,21,28)(H,19,22,24)/t16-/m0/s1. The molecule has 0 aliphatic carbocycles. The number of H-pyrrole nitrogens is 1. The molecular formula is C18H11N9O5. The van der Waals surface area contributed by atoms with Crippen molar-refractivity contribution < 1.29 is 9.85 Å². The van der Waals surface area contributed by atoms with Gasteiger partial charge in [0.1, 0.15) is 11.7 Å². The van der Waals surface area contributed by atoms with Gasteiger partial charge in [0.15, 0.2) is 0 Å². The summed E-state index contributed by atoms with van der Waals surface area (Å²) in [6.07, 6.45) is 0. The number of nitrogens with one attached hydrogen (secondary N) is 2. The van der Waals surface area contributed by atoms with E-state index in [1.807, 2.05) is 0 Å². The molecule has 1 aliphatic heterocycles. The highest BCUT2D eigenvalue weighted by Gasteiger charge is 2.37. The predicted octanol–water partition coefficient (Wildman–Crippen LogP) is 1.93. The first-order chi connectivity index (χ1) is 15.5. The van der Waals surface area contributed by atoms with Crippen molar-refractivity contribution in [3.63, 3.8) is 0 Å². The number of para-hydroxylation sites is 1. The van der Waals surface area contributed by atoms with Crippen LogP contribution in [0.3, 0.4) is 0 Å². The van der Waals surface area contributed by atoms with Crippen LogP contribution in [0.4, 0.5) is 23.0 Å². The number of aromatic nitrogens is 6. The van der Waals surface area contributed by atoms with E-state index in [1.54, 1.807) is 12.1 Å². The van der Waals surface area contributed by atoms with Crippen molar-refractivity contribution in [2.45, 2.75) is 6.04 Å². The number of anilines is 2. The third-order valence-electron chi connectivity index (χ3n) is 5.03. The van der Waals surface area contributed by atoms with Crippen LogP contribution in [0.25, 0.3) is 11.3 Å². The maximum Gasteiger partial charge on any atom is 0.288 e. The van der Waals surface area contributed by atoms with Crippen LogP contribution in [0.1, 0.15) is 17.2 Å². The van der Waals surface area contributed by atoms with Crippen molar-refractivity contribution in [2.75, 3.05) is 5.32 Å². The minimum atomic E-state index is -0.998. The van der Waals surface area contributed by atoms with Gasteiger partial charge in [-0.15, -0.1) is 0 Å². The summed E-state index contributed by atoms with van der Waals surface area (Å²) < 4.78 is 1.30. The van der Waals surface area contributed by atoms with E-state index in [1.165, 1.54) is 41.1 Å². The van der Waals surface area contributed by atoms with Gasteiger partial charge in [-0.05, 0) is 16.5 Å². The Kier molecular flexibility index (Phi) is 4.18. The number of non-ortho nitro benzene ring substituents is 1. The number of hydrogen-bond donors (Lipinski definition) is 2. The van der Waals surface area contributed by atoms with Crippen molar-refractivity contribution in [3.05, 3.63) is 90.2 Å².